The number of pyridine rings is 1. The molecule has 1 amide bonds. The number of carbonyl (C=O) groups is 1. The van der Waals surface area contributed by atoms with E-state index in [-0.39, 0.29) is 17.5 Å². The summed E-state index contributed by atoms with van der Waals surface area (Å²) in [6.45, 7) is 1.91. The van der Waals surface area contributed by atoms with E-state index in [0.29, 0.717) is 0 Å². The third-order valence-corrected chi connectivity index (χ3v) is 5.10. The van der Waals surface area contributed by atoms with Gasteiger partial charge >= 0.3 is 0 Å². The minimum atomic E-state index is -0.290. The number of hydrogen-bond acceptors (Lipinski definition) is 4. The average Bonchev–Trinajstić information content (AvgIpc) is 2.66. The van der Waals surface area contributed by atoms with Gasteiger partial charge < -0.3 is 10.6 Å². The van der Waals surface area contributed by atoms with Crippen molar-refractivity contribution in [1.29, 1.82) is 5.26 Å². The van der Waals surface area contributed by atoms with E-state index in [1.54, 1.807) is 6.20 Å². The second-order valence-electron chi connectivity index (χ2n) is 7.43. The van der Waals surface area contributed by atoms with Crippen LogP contribution in [0.5, 0.6) is 0 Å². The van der Waals surface area contributed by atoms with Gasteiger partial charge in [-0.2, -0.15) is 5.26 Å². The number of amides is 1. The molecule has 27 heavy (non-hydrogen) atoms. The Kier molecular flexibility index (Phi) is 9.40. The number of aromatic nitrogens is 1. The zero-order valence-electron chi connectivity index (χ0n) is 16.5. The first-order chi connectivity index (χ1) is 13.2. The Morgan fingerprint density at radius 1 is 1.07 bits per heavy atom. The lowest BCUT2D eigenvalue weighted by Gasteiger charge is -2.19. The van der Waals surface area contributed by atoms with Crippen LogP contribution < -0.4 is 10.6 Å². The van der Waals surface area contributed by atoms with Gasteiger partial charge in [-0.25, -0.2) is 0 Å². The third-order valence-electron chi connectivity index (χ3n) is 5.10. The van der Waals surface area contributed by atoms with E-state index in [9.17, 15) is 10.1 Å². The topological polar surface area (TPSA) is 77.8 Å². The second kappa shape index (κ2) is 12.1. The van der Waals surface area contributed by atoms with Crippen LogP contribution >= 0.6 is 0 Å². The van der Waals surface area contributed by atoms with Crippen molar-refractivity contribution in [2.45, 2.75) is 83.6 Å². The molecule has 1 heterocycles. The average molecular weight is 369 g/mol. The van der Waals surface area contributed by atoms with E-state index in [0.717, 1.165) is 37.1 Å². The summed E-state index contributed by atoms with van der Waals surface area (Å²) in [4.78, 5) is 16.7. The molecule has 5 heteroatoms. The zero-order chi connectivity index (χ0) is 19.3. The van der Waals surface area contributed by atoms with Gasteiger partial charge in [-0.15, -0.1) is 0 Å². The van der Waals surface area contributed by atoms with Crippen LogP contribution in [-0.4, -0.2) is 16.9 Å². The quantitative estimate of drug-likeness (QED) is 0.579. The van der Waals surface area contributed by atoms with Crippen molar-refractivity contribution < 1.29 is 4.79 Å². The molecule has 0 saturated heterocycles. The molecule has 0 aliphatic heterocycles. The molecule has 0 atom stereocenters. The van der Waals surface area contributed by atoms with Crippen LogP contribution in [0, 0.1) is 18.3 Å². The summed E-state index contributed by atoms with van der Waals surface area (Å²) in [6, 6.07) is 5.93. The molecular formula is C22H32N4O. The van der Waals surface area contributed by atoms with Crippen molar-refractivity contribution >= 4 is 11.6 Å². The maximum atomic E-state index is 12.5. The Labute approximate surface area is 163 Å². The Morgan fingerprint density at radius 3 is 2.19 bits per heavy atom. The molecule has 0 spiro atoms. The Balaban J connectivity index is 1.90. The van der Waals surface area contributed by atoms with Gasteiger partial charge in [-0.05, 0) is 31.9 Å². The van der Waals surface area contributed by atoms with E-state index in [2.05, 4.69) is 15.6 Å². The van der Waals surface area contributed by atoms with E-state index in [1.165, 1.54) is 51.1 Å². The monoisotopic (exact) mass is 368 g/mol. The van der Waals surface area contributed by atoms with Crippen molar-refractivity contribution in [3.8, 4) is 6.07 Å². The van der Waals surface area contributed by atoms with Crippen LogP contribution in [0.15, 0.2) is 30.1 Å². The Bertz CT molecular complexity index is 633. The van der Waals surface area contributed by atoms with Crippen molar-refractivity contribution in [2.75, 3.05) is 5.32 Å². The molecular weight excluding hydrogens is 336 g/mol. The predicted molar refractivity (Wildman–Crippen MR) is 109 cm³/mol. The molecule has 1 aromatic rings. The summed E-state index contributed by atoms with van der Waals surface area (Å²) in [5.74, 6) is -0.290. The Hall–Kier alpha value is -2.35. The van der Waals surface area contributed by atoms with Crippen LogP contribution in [0.3, 0.4) is 0 Å². The van der Waals surface area contributed by atoms with Crippen molar-refractivity contribution in [2.24, 2.45) is 0 Å². The molecule has 1 aliphatic rings. The van der Waals surface area contributed by atoms with Crippen LogP contribution in [0.2, 0.25) is 0 Å². The molecule has 0 aromatic carbocycles. The van der Waals surface area contributed by atoms with Crippen LogP contribution in [0.1, 0.15) is 76.3 Å². The Morgan fingerprint density at radius 2 is 1.67 bits per heavy atom. The highest BCUT2D eigenvalue weighted by Crippen LogP contribution is 2.17. The molecule has 146 valence electrons. The van der Waals surface area contributed by atoms with Crippen LogP contribution in [-0.2, 0) is 4.79 Å². The maximum absolute atomic E-state index is 12.5. The normalized spacial score (nSPS) is 17.9. The van der Waals surface area contributed by atoms with E-state index in [1.807, 2.05) is 25.1 Å². The van der Waals surface area contributed by atoms with E-state index >= 15 is 0 Å². The fraction of sp³-hybridized carbons (Fsp3) is 0.591. The molecule has 1 aliphatic carbocycles. The van der Waals surface area contributed by atoms with Gasteiger partial charge in [-0.1, -0.05) is 57.8 Å². The number of carbonyl (C=O) groups excluding carboxylic acids is 1. The number of nitrogens with one attached hydrogen (secondary N) is 2. The number of aryl methyl sites for hydroxylation is 1. The van der Waals surface area contributed by atoms with Crippen molar-refractivity contribution in [1.82, 2.24) is 10.3 Å². The van der Waals surface area contributed by atoms with Gasteiger partial charge in [0.2, 0.25) is 0 Å². The summed E-state index contributed by atoms with van der Waals surface area (Å²) in [5.41, 5.74) is 1.78. The molecule has 5 nitrogen and oxygen atoms in total. The highest BCUT2D eigenvalue weighted by molar-refractivity contribution is 5.97. The number of hydrogen-bond donors (Lipinski definition) is 2. The lowest BCUT2D eigenvalue weighted by molar-refractivity contribution is -0.117. The van der Waals surface area contributed by atoms with Gasteiger partial charge in [0, 0.05) is 17.9 Å². The van der Waals surface area contributed by atoms with Gasteiger partial charge in [0.1, 0.15) is 11.6 Å². The van der Waals surface area contributed by atoms with Gasteiger partial charge in [-0.3, -0.25) is 9.78 Å². The fourth-order valence-electron chi connectivity index (χ4n) is 3.43. The van der Waals surface area contributed by atoms with Crippen molar-refractivity contribution in [3.63, 3.8) is 0 Å². The van der Waals surface area contributed by atoms with Crippen LogP contribution in [0.25, 0.3) is 0 Å². The number of nitriles is 1. The zero-order valence-corrected chi connectivity index (χ0v) is 16.5. The SMILES string of the molecule is Cc1ccc(N/C=C(/C#N)C(=O)NC2CCCCCCCCCCC2)cn1. The molecule has 0 radical (unpaired) electrons. The first kappa shape index (κ1) is 21.0. The molecule has 1 aromatic heterocycles. The smallest absolute Gasteiger partial charge is 0.263 e. The third kappa shape index (κ3) is 8.25. The van der Waals surface area contributed by atoms with Gasteiger partial charge in [0.15, 0.2) is 0 Å². The number of rotatable bonds is 4. The first-order valence-electron chi connectivity index (χ1n) is 10.3. The lowest BCUT2D eigenvalue weighted by atomic mass is 9.98. The molecule has 1 fully saturated rings. The summed E-state index contributed by atoms with van der Waals surface area (Å²) in [7, 11) is 0. The van der Waals surface area contributed by atoms with Crippen LogP contribution in [0.4, 0.5) is 5.69 Å². The highest BCUT2D eigenvalue weighted by atomic mass is 16.1. The number of nitrogens with zero attached hydrogens (tertiary/aromatic N) is 2. The highest BCUT2D eigenvalue weighted by Gasteiger charge is 2.16. The standard InChI is InChI=1S/C22H32N4O/c1-18-13-14-21(17-24-18)25-16-19(15-23)22(27)26-20-11-9-7-5-3-2-4-6-8-10-12-20/h13-14,16-17,20,25H,2-12H2,1H3,(H,26,27)/b19-16-. The lowest BCUT2D eigenvalue weighted by Crippen LogP contribution is -2.35. The minimum absolute atomic E-state index is 0.0988. The van der Waals surface area contributed by atoms with E-state index < -0.39 is 0 Å². The number of anilines is 1. The first-order valence-corrected chi connectivity index (χ1v) is 10.3. The summed E-state index contributed by atoms with van der Waals surface area (Å²) >= 11 is 0. The molecule has 1 saturated carbocycles. The fourth-order valence-corrected chi connectivity index (χ4v) is 3.43. The maximum Gasteiger partial charge on any atom is 0.263 e. The molecule has 0 unspecified atom stereocenters. The minimum Gasteiger partial charge on any atom is -0.359 e. The molecule has 0 bridgehead atoms. The summed E-state index contributed by atoms with van der Waals surface area (Å²) in [5, 5.41) is 15.4. The largest absolute Gasteiger partial charge is 0.359 e. The summed E-state index contributed by atoms with van der Waals surface area (Å²) < 4.78 is 0. The van der Waals surface area contributed by atoms with Crippen molar-refractivity contribution in [3.05, 3.63) is 35.8 Å². The summed E-state index contributed by atoms with van der Waals surface area (Å²) in [6.07, 6.45) is 16.5. The molecule has 2 N–H and O–H groups in total. The second-order valence-corrected chi connectivity index (χ2v) is 7.43. The van der Waals surface area contributed by atoms with Gasteiger partial charge in [0.05, 0.1) is 11.9 Å². The van der Waals surface area contributed by atoms with Gasteiger partial charge in [0.25, 0.3) is 5.91 Å². The predicted octanol–water partition coefficient (Wildman–Crippen LogP) is 5.00. The van der Waals surface area contributed by atoms with E-state index in [4.69, 9.17) is 0 Å². The molecule has 2 rings (SSSR count).